The molecule has 0 spiro atoms. The van der Waals surface area contributed by atoms with E-state index in [0.717, 1.165) is 71.6 Å². The van der Waals surface area contributed by atoms with Crippen molar-refractivity contribution in [1.82, 2.24) is 26.6 Å². The fraction of sp³-hybridized carbons (Fsp3) is 0.955. The van der Waals surface area contributed by atoms with Crippen molar-refractivity contribution in [2.24, 2.45) is 5.73 Å². The Labute approximate surface area is 185 Å². The summed E-state index contributed by atoms with van der Waals surface area (Å²) in [5.74, 6) is 0. The van der Waals surface area contributed by atoms with Crippen LogP contribution in [0.1, 0.15) is 51.4 Å². The molecule has 7 nitrogen and oxygen atoms in total. The van der Waals surface area contributed by atoms with Gasteiger partial charge in [0.2, 0.25) is 0 Å². The maximum atomic E-state index is 8.68. The first-order valence-corrected chi connectivity index (χ1v) is 12.4. The molecule has 0 radical (unpaired) electrons. The predicted octanol–water partition coefficient (Wildman–Crippen LogP) is 0.315. The van der Waals surface area contributed by atoms with E-state index < -0.39 is 0 Å². The van der Waals surface area contributed by atoms with Crippen LogP contribution >= 0.6 is 0 Å². The van der Waals surface area contributed by atoms with Gasteiger partial charge in [-0.1, -0.05) is 38.3 Å². The van der Waals surface area contributed by atoms with Crippen LogP contribution in [0.5, 0.6) is 0 Å². The molecule has 2 bridgehead atoms. The third-order valence-electron chi connectivity index (χ3n) is 6.63. The fourth-order valence-electron chi connectivity index (χ4n) is 4.71. The van der Waals surface area contributed by atoms with Gasteiger partial charge in [-0.25, -0.2) is 0 Å². The fourth-order valence-corrected chi connectivity index (χ4v) is 4.71. The lowest BCUT2D eigenvalue weighted by Crippen LogP contribution is -2.61. The highest BCUT2D eigenvalue weighted by molar-refractivity contribution is 6.35. The van der Waals surface area contributed by atoms with Gasteiger partial charge in [-0.05, 0) is 25.8 Å². The van der Waals surface area contributed by atoms with Crippen LogP contribution in [0, 0.1) is 11.3 Å². The van der Waals surface area contributed by atoms with Gasteiger partial charge >= 0.3 is 0 Å². The Balaban J connectivity index is 1.94. The summed E-state index contributed by atoms with van der Waals surface area (Å²) in [6.45, 7) is 8.68. The summed E-state index contributed by atoms with van der Waals surface area (Å²) >= 11 is 0. The van der Waals surface area contributed by atoms with Crippen LogP contribution in [-0.2, 0) is 0 Å². The highest BCUT2D eigenvalue weighted by atomic mass is 15.1. The number of hydrogen-bond acceptors (Lipinski definition) is 7. The summed E-state index contributed by atoms with van der Waals surface area (Å²) in [5, 5.41) is 27.2. The third-order valence-corrected chi connectivity index (χ3v) is 6.63. The Morgan fingerprint density at radius 3 is 2.17 bits per heavy atom. The summed E-state index contributed by atoms with van der Waals surface area (Å²) in [5.41, 5.74) is 6.70. The lowest BCUT2D eigenvalue weighted by atomic mass is 9.63. The monoisotopic (exact) mass is 419 g/mol. The first kappa shape index (κ1) is 25.6. The van der Waals surface area contributed by atoms with Crippen LogP contribution in [0.3, 0.4) is 0 Å². The number of unbranched alkanes of at least 4 members (excludes halogenated alkanes) is 4. The number of nitrogens with one attached hydrogen (secondary N) is 5. The third kappa shape index (κ3) is 10.6. The number of nitrogens with zero attached hydrogens (tertiary/aromatic N) is 1. The Morgan fingerprint density at radius 1 is 0.867 bits per heavy atom. The van der Waals surface area contributed by atoms with Crippen LogP contribution in [0.4, 0.5) is 0 Å². The van der Waals surface area contributed by atoms with Crippen LogP contribution in [0.25, 0.3) is 0 Å². The molecule has 3 saturated heterocycles. The highest BCUT2D eigenvalue weighted by Gasteiger charge is 2.29. The number of rotatable bonds is 7. The van der Waals surface area contributed by atoms with Gasteiger partial charge in [-0.15, -0.1) is 0 Å². The van der Waals surface area contributed by atoms with Crippen molar-refractivity contribution in [3.63, 3.8) is 0 Å². The van der Waals surface area contributed by atoms with Crippen molar-refractivity contribution in [2.75, 3.05) is 58.9 Å². The van der Waals surface area contributed by atoms with E-state index in [1.165, 1.54) is 52.1 Å². The van der Waals surface area contributed by atoms with Gasteiger partial charge in [-0.3, -0.25) is 0 Å². The molecule has 0 aromatic heterocycles. The zero-order valence-corrected chi connectivity index (χ0v) is 19.2. The largest absolute Gasteiger partial charge is 0.324 e. The molecule has 0 unspecified atom stereocenters. The lowest BCUT2D eigenvalue weighted by molar-refractivity contribution is 0.263. The number of nitriles is 1. The molecule has 0 aromatic carbocycles. The minimum Gasteiger partial charge on any atom is -0.324 e. The Kier molecular flexibility index (Phi) is 12.9. The average Bonchev–Trinajstić information content (AvgIpc) is 2.74. The van der Waals surface area contributed by atoms with E-state index in [0.29, 0.717) is 6.42 Å². The molecule has 3 aliphatic heterocycles. The molecule has 0 atom stereocenters. The van der Waals surface area contributed by atoms with E-state index in [9.17, 15) is 0 Å². The molecule has 3 aliphatic rings. The van der Waals surface area contributed by atoms with E-state index in [1.807, 2.05) is 0 Å². The molecule has 3 rings (SSSR count). The number of fused-ring (bicyclic) bond motifs is 15. The molecule has 8 heteroatoms. The lowest BCUT2D eigenvalue weighted by Gasteiger charge is -2.37. The van der Waals surface area contributed by atoms with Crippen molar-refractivity contribution in [3.05, 3.63) is 0 Å². The minimum absolute atomic E-state index is 0.110. The van der Waals surface area contributed by atoms with Gasteiger partial charge in [0.25, 0.3) is 0 Å². The number of nitrogens with two attached hydrogens (primary N) is 1. The van der Waals surface area contributed by atoms with E-state index in [2.05, 4.69) is 32.7 Å². The van der Waals surface area contributed by atoms with E-state index in [1.54, 1.807) is 0 Å². The topological polar surface area (TPSA) is 110 Å². The normalized spacial score (nSPS) is 30.0. The number of hydrogen-bond donors (Lipinski definition) is 6. The second-order valence-corrected chi connectivity index (χ2v) is 9.51. The van der Waals surface area contributed by atoms with E-state index in [-0.39, 0.29) is 11.1 Å². The second-order valence-electron chi connectivity index (χ2n) is 9.51. The van der Waals surface area contributed by atoms with Gasteiger partial charge in [0.15, 0.2) is 0 Å². The molecule has 7 N–H and O–H groups in total. The Bertz CT molecular complexity index is 439. The summed E-state index contributed by atoms with van der Waals surface area (Å²) < 4.78 is 0. The van der Waals surface area contributed by atoms with Crippen LogP contribution in [-0.4, -0.2) is 77.3 Å². The zero-order chi connectivity index (χ0) is 21.4. The molecule has 3 fully saturated rings. The van der Waals surface area contributed by atoms with Gasteiger partial charge in [0, 0.05) is 69.9 Å². The molecular weight excluding hydrogens is 373 g/mol. The van der Waals surface area contributed by atoms with Crippen LogP contribution < -0.4 is 32.3 Å². The van der Waals surface area contributed by atoms with Gasteiger partial charge in [0.1, 0.15) is 7.28 Å². The Morgan fingerprint density at radius 2 is 1.50 bits per heavy atom. The Hall–Kier alpha value is -0.685. The molecular formula is C22H46BN7. The first-order valence-electron chi connectivity index (χ1n) is 12.4. The predicted molar refractivity (Wildman–Crippen MR) is 128 cm³/mol. The van der Waals surface area contributed by atoms with Gasteiger partial charge < -0.3 is 32.3 Å². The summed E-state index contributed by atoms with van der Waals surface area (Å²) in [6, 6.07) is 2.25. The van der Waals surface area contributed by atoms with Crippen molar-refractivity contribution in [1.29, 1.82) is 5.26 Å². The second kappa shape index (κ2) is 15.2. The van der Waals surface area contributed by atoms with Crippen LogP contribution in [0.2, 0.25) is 12.6 Å². The van der Waals surface area contributed by atoms with E-state index in [4.69, 9.17) is 11.0 Å². The van der Waals surface area contributed by atoms with E-state index >= 15 is 0 Å². The quantitative estimate of drug-likeness (QED) is 0.260. The van der Waals surface area contributed by atoms with Gasteiger partial charge in [0.05, 0.1) is 6.07 Å². The zero-order valence-electron chi connectivity index (χ0n) is 19.2. The summed E-state index contributed by atoms with van der Waals surface area (Å²) in [6.07, 6.45) is 11.4. The standard InChI is InChI=1S/C22H46BN7/c24-10-6-2-1-3-7-11-30-22-8-4-5-9-23-16-21(25,17-26-12-14-28-19-22)18-27-13-15-29-20-22/h23,26-30H,1-9,11-20,25H2. The van der Waals surface area contributed by atoms with Gasteiger partial charge in [-0.2, -0.15) is 5.26 Å². The van der Waals surface area contributed by atoms with Crippen molar-refractivity contribution < 1.29 is 0 Å². The van der Waals surface area contributed by atoms with Crippen molar-refractivity contribution in [3.8, 4) is 6.07 Å². The smallest absolute Gasteiger partial charge is 0.123 e. The molecule has 30 heavy (non-hydrogen) atoms. The van der Waals surface area contributed by atoms with Crippen LogP contribution in [0.15, 0.2) is 0 Å². The molecule has 3 heterocycles. The molecule has 0 saturated carbocycles. The molecule has 172 valence electrons. The molecule has 0 amide bonds. The van der Waals surface area contributed by atoms with Crippen molar-refractivity contribution >= 4 is 7.28 Å². The summed E-state index contributed by atoms with van der Waals surface area (Å²) in [7, 11) is 1.22. The highest BCUT2D eigenvalue weighted by Crippen LogP contribution is 2.17. The maximum absolute atomic E-state index is 8.68. The molecule has 0 aromatic rings. The van der Waals surface area contributed by atoms with Crippen molar-refractivity contribution in [2.45, 2.75) is 75.1 Å². The average molecular weight is 419 g/mol. The molecule has 0 aliphatic carbocycles. The SMILES string of the molecule is N#CCCCCCCNC12CCCCBCC(N)(CNCCNC1)CNCCNC2. The maximum Gasteiger partial charge on any atom is 0.123 e. The first-order chi connectivity index (χ1) is 14.7. The summed E-state index contributed by atoms with van der Waals surface area (Å²) in [4.78, 5) is 0. The minimum atomic E-state index is -0.146.